The van der Waals surface area contributed by atoms with E-state index in [9.17, 15) is 26.3 Å². The largest absolute Gasteiger partial charge is 0.416 e. The molecule has 0 fully saturated rings. The zero-order chi connectivity index (χ0) is 20.7. The number of aromatic nitrogens is 3. The van der Waals surface area contributed by atoms with Crippen molar-refractivity contribution in [1.82, 2.24) is 15.4 Å². The van der Waals surface area contributed by atoms with E-state index in [1.807, 2.05) is 0 Å². The maximum Gasteiger partial charge on any atom is 0.416 e. The lowest BCUT2D eigenvalue weighted by Gasteiger charge is -2.15. The summed E-state index contributed by atoms with van der Waals surface area (Å²) in [5, 5.41) is 18.6. The molecule has 3 rings (SSSR count). The second-order valence-corrected chi connectivity index (χ2v) is 6.09. The van der Waals surface area contributed by atoms with Crippen molar-refractivity contribution in [3.05, 3.63) is 58.2 Å². The molecule has 1 aromatic heterocycles. The minimum atomic E-state index is -4.97. The van der Waals surface area contributed by atoms with Gasteiger partial charge in [-0.3, -0.25) is 0 Å². The highest BCUT2D eigenvalue weighted by Crippen LogP contribution is 2.39. The molecular weight excluding hydrogens is 410 g/mol. The zero-order valence-corrected chi connectivity index (χ0v) is 14.2. The average molecular weight is 417 g/mol. The summed E-state index contributed by atoms with van der Waals surface area (Å²) in [5.41, 5.74) is -3.07. The summed E-state index contributed by atoms with van der Waals surface area (Å²) in [6.07, 6.45) is -9.95. The maximum atomic E-state index is 13.1. The van der Waals surface area contributed by atoms with Crippen molar-refractivity contribution in [2.75, 3.05) is 0 Å². The molecule has 0 aliphatic heterocycles. The standard InChI is InChI=1S/C17H7ClF6N4/c18-13-4-8(1-10(5-13)15-14(7-25)26-28-27-15)9-2-11(16(19,20)21)6-12(3-9)17(22,23)24/h1-6H,(H,26,27,28). The van der Waals surface area contributed by atoms with Gasteiger partial charge >= 0.3 is 12.4 Å². The molecule has 3 aromatic rings. The topological polar surface area (TPSA) is 65.4 Å². The van der Waals surface area contributed by atoms with Crippen molar-refractivity contribution < 1.29 is 26.3 Å². The van der Waals surface area contributed by atoms with Crippen LogP contribution in [0.3, 0.4) is 0 Å². The first-order valence-corrected chi connectivity index (χ1v) is 7.78. The Morgan fingerprint density at radius 3 is 1.86 bits per heavy atom. The Hall–Kier alpha value is -3.06. The van der Waals surface area contributed by atoms with Gasteiger partial charge in [0.1, 0.15) is 11.8 Å². The molecule has 11 heteroatoms. The normalized spacial score (nSPS) is 12.1. The highest BCUT2D eigenvalue weighted by atomic mass is 35.5. The third-order valence-corrected chi connectivity index (χ3v) is 3.96. The van der Waals surface area contributed by atoms with E-state index in [4.69, 9.17) is 16.9 Å². The Morgan fingerprint density at radius 2 is 1.32 bits per heavy atom. The van der Waals surface area contributed by atoms with E-state index in [0.29, 0.717) is 12.1 Å². The van der Waals surface area contributed by atoms with Gasteiger partial charge in [0.25, 0.3) is 0 Å². The molecule has 0 saturated carbocycles. The van der Waals surface area contributed by atoms with Crippen molar-refractivity contribution in [2.24, 2.45) is 0 Å². The maximum absolute atomic E-state index is 13.1. The molecule has 144 valence electrons. The fourth-order valence-corrected chi connectivity index (χ4v) is 2.76. The Balaban J connectivity index is 2.23. The summed E-state index contributed by atoms with van der Waals surface area (Å²) in [6.45, 7) is 0. The number of nitrogens with zero attached hydrogens (tertiary/aromatic N) is 3. The number of hydrogen-bond acceptors (Lipinski definition) is 3. The number of halogens is 7. The molecular formula is C17H7ClF6N4. The highest BCUT2D eigenvalue weighted by molar-refractivity contribution is 6.31. The molecule has 0 aliphatic rings. The quantitative estimate of drug-likeness (QED) is 0.545. The van der Waals surface area contributed by atoms with E-state index >= 15 is 0 Å². The summed E-state index contributed by atoms with van der Waals surface area (Å²) >= 11 is 5.99. The van der Waals surface area contributed by atoms with Crippen LogP contribution in [-0.2, 0) is 12.4 Å². The molecule has 4 nitrogen and oxygen atoms in total. The van der Waals surface area contributed by atoms with Gasteiger partial charge in [0, 0.05) is 10.6 Å². The number of H-pyrrole nitrogens is 1. The second kappa shape index (κ2) is 6.83. The lowest BCUT2D eigenvalue weighted by Crippen LogP contribution is -2.11. The number of alkyl halides is 6. The van der Waals surface area contributed by atoms with E-state index in [-0.39, 0.29) is 39.2 Å². The number of aromatic amines is 1. The molecule has 1 N–H and O–H groups in total. The van der Waals surface area contributed by atoms with Gasteiger partial charge in [-0.2, -0.15) is 41.9 Å². The third kappa shape index (κ3) is 3.94. The van der Waals surface area contributed by atoms with Gasteiger partial charge in [-0.1, -0.05) is 11.6 Å². The fourth-order valence-electron chi connectivity index (χ4n) is 2.52. The van der Waals surface area contributed by atoms with Gasteiger partial charge < -0.3 is 0 Å². The van der Waals surface area contributed by atoms with Gasteiger partial charge in [-0.15, -0.1) is 5.10 Å². The first-order chi connectivity index (χ1) is 13.0. The molecule has 0 amide bonds. The van der Waals surface area contributed by atoms with Gasteiger partial charge in [-0.25, -0.2) is 0 Å². The summed E-state index contributed by atoms with van der Waals surface area (Å²) in [5.74, 6) is 0. The van der Waals surface area contributed by atoms with Crippen LogP contribution in [0.5, 0.6) is 0 Å². The number of nitrogens with one attached hydrogen (secondary N) is 1. The van der Waals surface area contributed by atoms with Crippen molar-refractivity contribution in [2.45, 2.75) is 12.4 Å². The van der Waals surface area contributed by atoms with Crippen LogP contribution in [0, 0.1) is 11.3 Å². The van der Waals surface area contributed by atoms with Crippen LogP contribution < -0.4 is 0 Å². The van der Waals surface area contributed by atoms with Crippen molar-refractivity contribution in [1.29, 1.82) is 5.26 Å². The average Bonchev–Trinajstić information content (AvgIpc) is 3.08. The molecule has 1 heterocycles. The van der Waals surface area contributed by atoms with Crippen LogP contribution in [0.4, 0.5) is 26.3 Å². The van der Waals surface area contributed by atoms with Crippen LogP contribution in [0.2, 0.25) is 5.02 Å². The van der Waals surface area contributed by atoms with Crippen molar-refractivity contribution in [3.8, 4) is 28.5 Å². The molecule has 28 heavy (non-hydrogen) atoms. The Labute approximate surface area is 158 Å². The summed E-state index contributed by atoms with van der Waals surface area (Å²) in [4.78, 5) is 0. The van der Waals surface area contributed by atoms with E-state index in [1.54, 1.807) is 6.07 Å². The smallest absolute Gasteiger partial charge is 0.196 e. The van der Waals surface area contributed by atoms with Crippen LogP contribution in [0.1, 0.15) is 16.8 Å². The van der Waals surface area contributed by atoms with Crippen LogP contribution in [0.15, 0.2) is 36.4 Å². The SMILES string of the molecule is N#Cc1n[nH]nc1-c1cc(Cl)cc(-c2cc(C(F)(F)F)cc(C(F)(F)F)c2)c1. The molecule has 0 unspecified atom stereocenters. The van der Waals surface area contributed by atoms with Crippen LogP contribution >= 0.6 is 11.6 Å². The van der Waals surface area contributed by atoms with E-state index < -0.39 is 23.5 Å². The van der Waals surface area contributed by atoms with Crippen LogP contribution in [-0.4, -0.2) is 15.4 Å². The summed E-state index contributed by atoms with van der Waals surface area (Å²) in [7, 11) is 0. The predicted octanol–water partition coefficient (Wildman–Crippen LogP) is 5.70. The van der Waals surface area contributed by atoms with Crippen LogP contribution in [0.25, 0.3) is 22.4 Å². The molecule has 0 atom stereocenters. The number of benzene rings is 2. The minimum absolute atomic E-state index is 0.00834. The van der Waals surface area contributed by atoms with Gasteiger partial charge in [0.2, 0.25) is 0 Å². The fraction of sp³-hybridized carbons (Fsp3) is 0.118. The zero-order valence-electron chi connectivity index (χ0n) is 13.5. The minimum Gasteiger partial charge on any atom is -0.196 e. The molecule has 0 bridgehead atoms. The lowest BCUT2D eigenvalue weighted by atomic mass is 9.97. The monoisotopic (exact) mass is 416 g/mol. The first-order valence-electron chi connectivity index (χ1n) is 7.41. The third-order valence-electron chi connectivity index (χ3n) is 3.75. The molecule has 0 radical (unpaired) electrons. The molecule has 0 saturated heterocycles. The van der Waals surface area contributed by atoms with E-state index in [0.717, 1.165) is 0 Å². The van der Waals surface area contributed by atoms with Gasteiger partial charge in [0.05, 0.1) is 11.1 Å². The second-order valence-electron chi connectivity index (χ2n) is 5.66. The Morgan fingerprint density at radius 1 is 0.786 bits per heavy atom. The van der Waals surface area contributed by atoms with Crippen molar-refractivity contribution in [3.63, 3.8) is 0 Å². The highest BCUT2D eigenvalue weighted by Gasteiger charge is 2.37. The number of rotatable bonds is 2. The molecule has 0 spiro atoms. The van der Waals surface area contributed by atoms with Gasteiger partial charge in [-0.05, 0) is 47.5 Å². The number of nitriles is 1. The predicted molar refractivity (Wildman–Crippen MR) is 87.0 cm³/mol. The Kier molecular flexibility index (Phi) is 4.81. The lowest BCUT2D eigenvalue weighted by molar-refractivity contribution is -0.143. The Bertz CT molecular complexity index is 1050. The first kappa shape index (κ1) is 19.7. The molecule has 2 aromatic carbocycles. The van der Waals surface area contributed by atoms with E-state index in [1.165, 1.54) is 18.2 Å². The summed E-state index contributed by atoms with van der Waals surface area (Å²) in [6, 6.07) is 6.86. The van der Waals surface area contributed by atoms with E-state index in [2.05, 4.69) is 15.4 Å². The number of hydrogen-bond donors (Lipinski definition) is 1. The van der Waals surface area contributed by atoms with Gasteiger partial charge in [0.15, 0.2) is 5.69 Å². The van der Waals surface area contributed by atoms with Crippen molar-refractivity contribution >= 4 is 11.6 Å². The molecule has 0 aliphatic carbocycles. The summed E-state index contributed by atoms with van der Waals surface area (Å²) < 4.78 is 78.5.